The van der Waals surface area contributed by atoms with Crippen molar-refractivity contribution in [1.82, 2.24) is 5.32 Å². The van der Waals surface area contributed by atoms with Crippen LogP contribution in [-0.4, -0.2) is 19.1 Å². The highest BCUT2D eigenvalue weighted by molar-refractivity contribution is 6.31. The maximum absolute atomic E-state index is 11.7. The van der Waals surface area contributed by atoms with Crippen LogP contribution in [0.25, 0.3) is 0 Å². The van der Waals surface area contributed by atoms with Crippen molar-refractivity contribution >= 4 is 17.5 Å². The number of carbonyl (C=O) groups is 1. The van der Waals surface area contributed by atoms with E-state index in [2.05, 4.69) is 31.0 Å². The maximum Gasteiger partial charge on any atom is 0.258 e. The molecule has 0 saturated heterocycles. The summed E-state index contributed by atoms with van der Waals surface area (Å²) in [7, 11) is 0. The van der Waals surface area contributed by atoms with E-state index in [0.29, 0.717) is 16.7 Å². The van der Waals surface area contributed by atoms with E-state index in [-0.39, 0.29) is 19.1 Å². The zero-order valence-corrected chi connectivity index (χ0v) is 14.6. The van der Waals surface area contributed by atoms with Gasteiger partial charge in [-0.1, -0.05) is 61.6 Å². The van der Waals surface area contributed by atoms with Gasteiger partial charge < -0.3 is 10.1 Å². The first-order valence-corrected chi connectivity index (χ1v) is 8.17. The normalized spacial score (nSPS) is 10.0. The predicted molar refractivity (Wildman–Crippen MR) is 97.4 cm³/mol. The highest BCUT2D eigenvalue weighted by Crippen LogP contribution is 2.18. The average molecular weight is 342 g/mol. The van der Waals surface area contributed by atoms with E-state index < -0.39 is 0 Å². The van der Waals surface area contributed by atoms with Gasteiger partial charge in [0.05, 0.1) is 11.6 Å². The molecule has 0 aliphatic rings. The molecule has 1 amide bonds. The molecule has 0 bridgehead atoms. The summed E-state index contributed by atoms with van der Waals surface area (Å²) in [6.45, 7) is 4.48. The number of carbonyl (C=O) groups excluding carboxylic acids is 1. The molecule has 0 aliphatic carbocycles. The smallest absolute Gasteiger partial charge is 0.258 e. The average Bonchev–Trinajstić information content (AvgIpc) is 2.58. The summed E-state index contributed by atoms with van der Waals surface area (Å²) in [6, 6.07) is 15.1. The van der Waals surface area contributed by atoms with Crippen molar-refractivity contribution in [2.45, 2.75) is 19.8 Å². The minimum atomic E-state index is -0.212. The number of ether oxygens (including phenoxy) is 1. The largest absolute Gasteiger partial charge is 0.484 e. The molecule has 3 nitrogen and oxygen atoms in total. The van der Waals surface area contributed by atoms with E-state index in [1.54, 1.807) is 6.07 Å². The standard InChI is InChI=1S/C20H20ClNO2/c1-15(2)16-9-11-18(12-10-16)24-14-20(23)22-13-5-7-17-6-3-4-8-19(17)21/h3-4,6,8-12,15H,13-14H2,1-2H3,(H,22,23). The van der Waals surface area contributed by atoms with Gasteiger partial charge in [-0.2, -0.15) is 0 Å². The molecule has 4 heteroatoms. The van der Waals surface area contributed by atoms with E-state index in [4.69, 9.17) is 16.3 Å². The zero-order chi connectivity index (χ0) is 17.4. The fourth-order valence-electron chi connectivity index (χ4n) is 1.99. The van der Waals surface area contributed by atoms with Gasteiger partial charge >= 0.3 is 0 Å². The summed E-state index contributed by atoms with van der Waals surface area (Å²) in [5.41, 5.74) is 1.98. The molecule has 0 spiro atoms. The molecular formula is C20H20ClNO2. The number of rotatable bonds is 5. The van der Waals surface area contributed by atoms with Gasteiger partial charge in [-0.3, -0.25) is 4.79 Å². The van der Waals surface area contributed by atoms with Gasteiger partial charge in [0.2, 0.25) is 0 Å². The van der Waals surface area contributed by atoms with Crippen molar-refractivity contribution in [3.8, 4) is 17.6 Å². The van der Waals surface area contributed by atoms with E-state index in [0.717, 1.165) is 5.56 Å². The van der Waals surface area contributed by atoms with Crippen LogP contribution < -0.4 is 10.1 Å². The Morgan fingerprint density at radius 3 is 2.54 bits per heavy atom. The fraction of sp³-hybridized carbons (Fsp3) is 0.250. The molecule has 2 aromatic rings. The van der Waals surface area contributed by atoms with Crippen LogP contribution in [-0.2, 0) is 4.79 Å². The number of hydrogen-bond donors (Lipinski definition) is 1. The van der Waals surface area contributed by atoms with Crippen LogP contribution in [0.15, 0.2) is 48.5 Å². The summed E-state index contributed by atoms with van der Waals surface area (Å²) in [6.07, 6.45) is 0. The van der Waals surface area contributed by atoms with Crippen molar-refractivity contribution in [3.05, 3.63) is 64.7 Å². The zero-order valence-electron chi connectivity index (χ0n) is 13.8. The molecule has 0 saturated carbocycles. The summed E-state index contributed by atoms with van der Waals surface area (Å²) >= 11 is 6.00. The Labute approximate surface area is 148 Å². The summed E-state index contributed by atoms with van der Waals surface area (Å²) in [4.78, 5) is 11.7. The van der Waals surface area contributed by atoms with Crippen molar-refractivity contribution in [2.24, 2.45) is 0 Å². The lowest BCUT2D eigenvalue weighted by molar-refractivity contribution is -0.122. The topological polar surface area (TPSA) is 38.3 Å². The van der Waals surface area contributed by atoms with Crippen LogP contribution in [0.3, 0.4) is 0 Å². The second-order valence-corrected chi connectivity index (χ2v) is 5.98. The molecule has 2 aromatic carbocycles. The second-order valence-electron chi connectivity index (χ2n) is 5.57. The predicted octanol–water partition coefficient (Wildman–Crippen LogP) is 4.01. The Bertz CT molecular complexity index is 742. The molecule has 0 aliphatic heterocycles. The summed E-state index contributed by atoms with van der Waals surface area (Å²) < 4.78 is 5.46. The molecule has 0 fully saturated rings. The Hall–Kier alpha value is -2.44. The van der Waals surface area contributed by atoms with Gasteiger partial charge in [0.15, 0.2) is 6.61 Å². The molecule has 0 heterocycles. The highest BCUT2D eigenvalue weighted by Gasteiger charge is 2.03. The number of amides is 1. The van der Waals surface area contributed by atoms with Crippen molar-refractivity contribution in [2.75, 3.05) is 13.2 Å². The third-order valence-corrected chi connectivity index (χ3v) is 3.72. The van der Waals surface area contributed by atoms with E-state index >= 15 is 0 Å². The Balaban J connectivity index is 1.75. The number of benzene rings is 2. The van der Waals surface area contributed by atoms with Gasteiger partial charge in [-0.15, -0.1) is 0 Å². The number of hydrogen-bond acceptors (Lipinski definition) is 2. The van der Waals surface area contributed by atoms with E-state index in [1.807, 2.05) is 42.5 Å². The van der Waals surface area contributed by atoms with Gasteiger partial charge in [0.25, 0.3) is 5.91 Å². The number of nitrogens with one attached hydrogen (secondary N) is 1. The molecule has 2 rings (SSSR count). The molecule has 0 unspecified atom stereocenters. The Kier molecular flexibility index (Phi) is 6.72. The monoisotopic (exact) mass is 341 g/mol. The lowest BCUT2D eigenvalue weighted by Gasteiger charge is -2.08. The van der Waals surface area contributed by atoms with E-state index in [9.17, 15) is 4.79 Å². The van der Waals surface area contributed by atoms with E-state index in [1.165, 1.54) is 5.56 Å². The van der Waals surface area contributed by atoms with Crippen molar-refractivity contribution < 1.29 is 9.53 Å². The lowest BCUT2D eigenvalue weighted by Crippen LogP contribution is -2.29. The highest BCUT2D eigenvalue weighted by atomic mass is 35.5. The third kappa shape index (κ3) is 5.64. The van der Waals surface area contributed by atoms with Crippen LogP contribution in [0, 0.1) is 11.8 Å². The molecule has 24 heavy (non-hydrogen) atoms. The SMILES string of the molecule is CC(C)c1ccc(OCC(=O)NCC#Cc2ccccc2Cl)cc1. The lowest BCUT2D eigenvalue weighted by atomic mass is 10.0. The van der Waals surface area contributed by atoms with Gasteiger partial charge in [0.1, 0.15) is 5.75 Å². The third-order valence-electron chi connectivity index (χ3n) is 3.39. The van der Waals surface area contributed by atoms with Crippen molar-refractivity contribution in [3.63, 3.8) is 0 Å². The number of halogens is 1. The molecule has 124 valence electrons. The Morgan fingerprint density at radius 2 is 1.88 bits per heavy atom. The van der Waals surface area contributed by atoms with Crippen LogP contribution in [0.2, 0.25) is 5.02 Å². The molecular weight excluding hydrogens is 322 g/mol. The van der Waals surface area contributed by atoms with Crippen LogP contribution in [0.1, 0.15) is 30.9 Å². The van der Waals surface area contributed by atoms with Crippen LogP contribution in [0.5, 0.6) is 5.75 Å². The molecule has 0 atom stereocenters. The van der Waals surface area contributed by atoms with Crippen LogP contribution in [0.4, 0.5) is 0 Å². The fourth-order valence-corrected chi connectivity index (χ4v) is 2.18. The second kappa shape index (κ2) is 9.00. The first-order chi connectivity index (χ1) is 11.6. The molecule has 0 radical (unpaired) electrons. The van der Waals surface area contributed by atoms with Gasteiger partial charge in [-0.05, 0) is 35.7 Å². The summed E-state index contributed by atoms with van der Waals surface area (Å²) in [5.74, 6) is 6.73. The maximum atomic E-state index is 11.7. The quantitative estimate of drug-likeness (QED) is 0.834. The van der Waals surface area contributed by atoms with Crippen molar-refractivity contribution in [1.29, 1.82) is 0 Å². The van der Waals surface area contributed by atoms with Gasteiger partial charge in [0, 0.05) is 5.56 Å². The first kappa shape index (κ1) is 17.9. The molecule has 0 aromatic heterocycles. The minimum absolute atomic E-state index is 0.0329. The first-order valence-electron chi connectivity index (χ1n) is 7.79. The van der Waals surface area contributed by atoms with Crippen LogP contribution >= 0.6 is 11.6 Å². The summed E-state index contributed by atoms with van der Waals surface area (Å²) in [5, 5.41) is 3.29. The van der Waals surface area contributed by atoms with Gasteiger partial charge in [-0.25, -0.2) is 0 Å². The minimum Gasteiger partial charge on any atom is -0.484 e. The Morgan fingerprint density at radius 1 is 1.17 bits per heavy atom. The molecule has 1 N–H and O–H groups in total.